The number of amides is 1. The first-order valence-corrected chi connectivity index (χ1v) is 12.1. The summed E-state index contributed by atoms with van der Waals surface area (Å²) in [6, 6.07) is 18.0. The second kappa shape index (κ2) is 8.66. The molecule has 0 aliphatic heterocycles. The lowest BCUT2D eigenvalue weighted by atomic mass is 10.2. The van der Waals surface area contributed by atoms with E-state index in [4.69, 9.17) is 4.74 Å². The predicted octanol–water partition coefficient (Wildman–Crippen LogP) is 5.12. The molecule has 0 unspecified atom stereocenters. The van der Waals surface area contributed by atoms with Crippen molar-refractivity contribution in [2.24, 2.45) is 0 Å². The van der Waals surface area contributed by atoms with Crippen LogP contribution < -0.4 is 14.8 Å². The Balaban J connectivity index is 1.59. The molecule has 3 aromatic carbocycles. The van der Waals surface area contributed by atoms with Crippen LogP contribution in [0.1, 0.15) is 10.4 Å². The van der Waals surface area contributed by atoms with Crippen LogP contribution in [-0.2, 0) is 10.0 Å². The van der Waals surface area contributed by atoms with Crippen molar-refractivity contribution < 1.29 is 17.9 Å². The fourth-order valence-electron chi connectivity index (χ4n) is 2.86. The van der Waals surface area contributed by atoms with Gasteiger partial charge in [-0.1, -0.05) is 29.5 Å². The largest absolute Gasteiger partial charge is 0.497 e. The Morgan fingerprint density at radius 2 is 1.77 bits per heavy atom. The molecule has 1 aromatic heterocycles. The van der Waals surface area contributed by atoms with Crippen LogP contribution >= 0.6 is 27.3 Å². The zero-order valence-corrected chi connectivity index (χ0v) is 19.3. The number of anilines is 2. The van der Waals surface area contributed by atoms with Crippen LogP contribution in [0.5, 0.6) is 5.75 Å². The first-order valence-electron chi connectivity index (χ1n) is 9.00. The molecule has 0 saturated heterocycles. The number of aromatic nitrogens is 1. The maximum atomic E-state index is 12.9. The van der Waals surface area contributed by atoms with E-state index in [9.17, 15) is 13.2 Å². The van der Waals surface area contributed by atoms with Crippen LogP contribution in [0.25, 0.3) is 10.2 Å². The van der Waals surface area contributed by atoms with E-state index in [0.717, 1.165) is 14.7 Å². The zero-order chi connectivity index (χ0) is 22.0. The molecule has 0 fully saturated rings. The van der Waals surface area contributed by atoms with E-state index >= 15 is 0 Å². The highest BCUT2D eigenvalue weighted by Gasteiger charge is 2.20. The minimum Gasteiger partial charge on any atom is -0.497 e. The zero-order valence-electron chi connectivity index (χ0n) is 16.1. The third-order valence-corrected chi connectivity index (χ3v) is 7.33. The lowest BCUT2D eigenvalue weighted by Crippen LogP contribution is -2.18. The Morgan fingerprint density at radius 3 is 2.48 bits per heavy atom. The molecule has 0 aliphatic rings. The van der Waals surface area contributed by atoms with Gasteiger partial charge in [-0.05, 0) is 64.5 Å². The van der Waals surface area contributed by atoms with E-state index in [1.165, 1.54) is 36.6 Å². The number of nitrogens with one attached hydrogen (secondary N) is 2. The van der Waals surface area contributed by atoms with Gasteiger partial charge in [-0.15, -0.1) is 0 Å². The van der Waals surface area contributed by atoms with Gasteiger partial charge in [0.25, 0.3) is 15.9 Å². The van der Waals surface area contributed by atoms with Crippen molar-refractivity contribution in [3.8, 4) is 5.75 Å². The number of carbonyl (C=O) groups is 1. The van der Waals surface area contributed by atoms with E-state index in [-0.39, 0.29) is 16.1 Å². The Hall–Kier alpha value is -2.95. The molecule has 0 saturated carbocycles. The first kappa shape index (κ1) is 21.3. The van der Waals surface area contributed by atoms with E-state index in [2.05, 4.69) is 31.0 Å². The lowest BCUT2D eigenvalue weighted by Gasteiger charge is -2.12. The highest BCUT2D eigenvalue weighted by molar-refractivity contribution is 9.10. The SMILES string of the molecule is COc1ccc(S(=O)(=O)Nc2ccccc2C(=O)Nc2nc3c(Br)cccc3s2)cc1. The Labute approximate surface area is 191 Å². The summed E-state index contributed by atoms with van der Waals surface area (Å²) in [6.45, 7) is 0. The second-order valence-corrected chi connectivity index (χ2v) is 9.95. The van der Waals surface area contributed by atoms with Gasteiger partial charge < -0.3 is 4.74 Å². The van der Waals surface area contributed by atoms with Crippen molar-refractivity contribution in [3.05, 3.63) is 76.8 Å². The molecule has 0 atom stereocenters. The summed E-state index contributed by atoms with van der Waals surface area (Å²) in [4.78, 5) is 17.4. The molecule has 7 nitrogen and oxygen atoms in total. The Morgan fingerprint density at radius 1 is 1.03 bits per heavy atom. The van der Waals surface area contributed by atoms with Gasteiger partial charge >= 0.3 is 0 Å². The van der Waals surface area contributed by atoms with E-state index in [1.807, 2.05) is 18.2 Å². The monoisotopic (exact) mass is 517 g/mol. The van der Waals surface area contributed by atoms with Crippen molar-refractivity contribution in [1.29, 1.82) is 0 Å². The average Bonchev–Trinajstić information content (AvgIpc) is 3.17. The summed E-state index contributed by atoms with van der Waals surface area (Å²) >= 11 is 4.77. The van der Waals surface area contributed by atoms with E-state index in [0.29, 0.717) is 10.9 Å². The number of benzene rings is 3. The first-order chi connectivity index (χ1) is 14.9. The van der Waals surface area contributed by atoms with E-state index in [1.54, 1.807) is 30.3 Å². The fraction of sp³-hybridized carbons (Fsp3) is 0.0476. The summed E-state index contributed by atoms with van der Waals surface area (Å²) in [5.41, 5.74) is 1.09. The molecule has 1 heterocycles. The van der Waals surface area contributed by atoms with Gasteiger partial charge in [0.1, 0.15) is 5.75 Å². The van der Waals surface area contributed by atoms with Crippen LogP contribution in [0, 0.1) is 0 Å². The maximum Gasteiger partial charge on any atom is 0.261 e. The molecule has 10 heteroatoms. The molecule has 0 spiro atoms. The predicted molar refractivity (Wildman–Crippen MR) is 126 cm³/mol. The third kappa shape index (κ3) is 4.55. The minimum absolute atomic E-state index is 0.0551. The Kier molecular flexibility index (Phi) is 5.94. The summed E-state index contributed by atoms with van der Waals surface area (Å²) in [5, 5.41) is 3.17. The number of carbonyl (C=O) groups excluding carboxylic acids is 1. The Bertz CT molecular complexity index is 1370. The van der Waals surface area contributed by atoms with Crippen LogP contribution in [-0.4, -0.2) is 26.4 Å². The maximum absolute atomic E-state index is 12.9. The van der Waals surface area contributed by atoms with Gasteiger partial charge in [-0.25, -0.2) is 13.4 Å². The molecular weight excluding hydrogens is 502 g/mol. The second-order valence-electron chi connectivity index (χ2n) is 6.39. The number of methoxy groups -OCH3 is 1. The van der Waals surface area contributed by atoms with Crippen molar-refractivity contribution in [2.75, 3.05) is 17.1 Å². The molecule has 0 aliphatic carbocycles. The molecule has 31 heavy (non-hydrogen) atoms. The van der Waals surface area contributed by atoms with Gasteiger partial charge in [0.05, 0.1) is 33.5 Å². The van der Waals surface area contributed by atoms with Gasteiger partial charge in [0.2, 0.25) is 0 Å². The minimum atomic E-state index is -3.90. The van der Waals surface area contributed by atoms with Gasteiger partial charge in [-0.2, -0.15) is 0 Å². The van der Waals surface area contributed by atoms with Crippen LogP contribution in [0.15, 0.2) is 76.1 Å². The number of fused-ring (bicyclic) bond motifs is 1. The number of para-hydroxylation sites is 2. The number of nitrogens with zero attached hydrogens (tertiary/aromatic N) is 1. The molecule has 0 radical (unpaired) electrons. The standard InChI is InChI=1S/C21H16BrN3O4S2/c1-29-13-9-11-14(12-10-13)31(27,28)25-17-7-3-2-5-15(17)20(26)24-21-23-19-16(22)6-4-8-18(19)30-21/h2-12,25H,1H3,(H,23,24,26). The molecule has 4 rings (SSSR count). The van der Waals surface area contributed by atoms with Gasteiger partial charge in [0.15, 0.2) is 5.13 Å². The molecular formula is C21H16BrN3O4S2. The highest BCUT2D eigenvalue weighted by atomic mass is 79.9. The van der Waals surface area contributed by atoms with Crippen molar-refractivity contribution in [2.45, 2.75) is 4.90 Å². The van der Waals surface area contributed by atoms with Gasteiger partial charge in [0, 0.05) is 4.47 Å². The normalized spacial score (nSPS) is 11.3. The molecule has 2 N–H and O–H groups in total. The van der Waals surface area contributed by atoms with Crippen LogP contribution in [0.3, 0.4) is 0 Å². The quantitative estimate of drug-likeness (QED) is 0.369. The number of hydrogen-bond acceptors (Lipinski definition) is 6. The summed E-state index contributed by atoms with van der Waals surface area (Å²) < 4.78 is 34.9. The van der Waals surface area contributed by atoms with Crippen LogP contribution in [0.2, 0.25) is 0 Å². The van der Waals surface area contributed by atoms with Crippen molar-refractivity contribution in [3.63, 3.8) is 0 Å². The molecule has 158 valence electrons. The number of ether oxygens (including phenoxy) is 1. The average molecular weight is 518 g/mol. The lowest BCUT2D eigenvalue weighted by molar-refractivity contribution is 0.102. The number of thiazole rings is 1. The van der Waals surface area contributed by atoms with Crippen molar-refractivity contribution >= 4 is 64.2 Å². The number of rotatable bonds is 6. The van der Waals surface area contributed by atoms with Gasteiger partial charge in [-0.3, -0.25) is 14.8 Å². The third-order valence-electron chi connectivity index (χ3n) is 4.38. The van der Waals surface area contributed by atoms with E-state index < -0.39 is 15.9 Å². The topological polar surface area (TPSA) is 97.4 Å². The number of hydrogen-bond donors (Lipinski definition) is 2. The summed E-state index contributed by atoms with van der Waals surface area (Å²) in [5.74, 6) is 0.0735. The number of halogens is 1. The van der Waals surface area contributed by atoms with Crippen molar-refractivity contribution in [1.82, 2.24) is 4.98 Å². The highest BCUT2D eigenvalue weighted by Crippen LogP contribution is 2.31. The fourth-order valence-corrected chi connectivity index (χ4v) is 5.42. The summed E-state index contributed by atoms with van der Waals surface area (Å²) in [7, 11) is -2.40. The van der Waals surface area contributed by atoms with Crippen LogP contribution in [0.4, 0.5) is 10.8 Å². The number of sulfonamides is 1. The molecule has 0 bridgehead atoms. The summed E-state index contributed by atoms with van der Waals surface area (Å²) in [6.07, 6.45) is 0. The smallest absolute Gasteiger partial charge is 0.261 e. The molecule has 1 amide bonds. The molecule has 4 aromatic rings.